The normalized spacial score (nSPS) is 45.7. The minimum absolute atomic E-state index is 0.248. The number of ether oxygens (including phenoxy) is 1. The molecule has 3 nitrogen and oxygen atoms in total. The van der Waals surface area contributed by atoms with Gasteiger partial charge in [-0.1, -0.05) is 59.8 Å². The Bertz CT molecular complexity index is 809. The lowest BCUT2D eigenvalue weighted by molar-refractivity contribution is -0.181. The molecule has 0 aliphatic heterocycles. The van der Waals surface area contributed by atoms with Crippen LogP contribution in [0.1, 0.15) is 80.1 Å². The highest BCUT2D eigenvalue weighted by atomic mass is 16.5. The highest BCUT2D eigenvalue weighted by Gasteiger charge is 2.62. The van der Waals surface area contributed by atoms with Crippen LogP contribution in [0.3, 0.4) is 0 Å². The summed E-state index contributed by atoms with van der Waals surface area (Å²) in [5.74, 6) is 3.06. The quantitative estimate of drug-likeness (QED) is 0.508. The van der Waals surface area contributed by atoms with E-state index in [-0.39, 0.29) is 16.9 Å². The number of aliphatic hydroxyl groups is 2. The lowest BCUT2D eigenvalue weighted by Gasteiger charge is -2.59. The van der Waals surface area contributed by atoms with Crippen molar-refractivity contribution >= 4 is 0 Å². The van der Waals surface area contributed by atoms with Crippen LogP contribution < -0.4 is 0 Å². The Morgan fingerprint density at radius 1 is 1.09 bits per heavy atom. The number of allylic oxidation sites excluding steroid dienone is 4. The lowest BCUT2D eigenvalue weighted by atomic mass is 9.49. The zero-order chi connectivity index (χ0) is 23.5. The second kappa shape index (κ2) is 8.40. The largest absolute Gasteiger partial charge is 0.393 e. The van der Waals surface area contributed by atoms with E-state index in [1.165, 1.54) is 24.0 Å². The highest BCUT2D eigenvalue weighted by Crippen LogP contribution is 2.65. The van der Waals surface area contributed by atoms with E-state index >= 15 is 0 Å². The first-order valence-corrected chi connectivity index (χ1v) is 13.0. The molecule has 3 heteroatoms. The van der Waals surface area contributed by atoms with Crippen molar-refractivity contribution in [2.24, 2.45) is 40.4 Å². The molecule has 9 atom stereocenters. The molecule has 0 aromatic heterocycles. The maximum absolute atomic E-state index is 11.9. The molecule has 0 saturated heterocycles. The van der Waals surface area contributed by atoms with Gasteiger partial charge in [-0.05, 0) is 84.3 Å². The number of hydrogen-bond acceptors (Lipinski definition) is 3. The molecule has 0 spiro atoms. The Morgan fingerprint density at radius 2 is 1.81 bits per heavy atom. The van der Waals surface area contributed by atoms with E-state index < -0.39 is 11.7 Å². The Morgan fingerprint density at radius 3 is 2.47 bits per heavy atom. The van der Waals surface area contributed by atoms with Crippen LogP contribution in [-0.4, -0.2) is 35.1 Å². The molecule has 2 saturated carbocycles. The van der Waals surface area contributed by atoms with E-state index in [1.807, 2.05) is 0 Å². The molecule has 0 bridgehead atoms. The van der Waals surface area contributed by atoms with Gasteiger partial charge in [0.1, 0.15) is 11.7 Å². The summed E-state index contributed by atoms with van der Waals surface area (Å²) < 4.78 is 5.89. The van der Waals surface area contributed by atoms with E-state index in [2.05, 4.69) is 65.8 Å². The fourth-order valence-corrected chi connectivity index (χ4v) is 7.74. The van der Waals surface area contributed by atoms with Gasteiger partial charge in [-0.3, -0.25) is 0 Å². The Kier molecular flexibility index (Phi) is 6.36. The maximum atomic E-state index is 11.9. The molecular formula is C29H46O3. The van der Waals surface area contributed by atoms with Gasteiger partial charge in [-0.2, -0.15) is 0 Å². The van der Waals surface area contributed by atoms with E-state index in [1.54, 1.807) is 7.11 Å². The van der Waals surface area contributed by atoms with Gasteiger partial charge in [0, 0.05) is 18.9 Å². The van der Waals surface area contributed by atoms with Gasteiger partial charge in [0.2, 0.25) is 0 Å². The average molecular weight is 443 g/mol. The molecule has 2 fully saturated rings. The van der Waals surface area contributed by atoms with Crippen molar-refractivity contribution in [3.8, 4) is 0 Å². The van der Waals surface area contributed by atoms with Crippen LogP contribution in [0.4, 0.5) is 0 Å². The second-order valence-electron chi connectivity index (χ2n) is 12.3. The first kappa shape index (κ1) is 24.2. The van der Waals surface area contributed by atoms with Crippen molar-refractivity contribution in [3.05, 3.63) is 35.5 Å². The molecule has 0 heterocycles. The first-order chi connectivity index (χ1) is 15.0. The van der Waals surface area contributed by atoms with Gasteiger partial charge >= 0.3 is 0 Å². The molecule has 0 radical (unpaired) electrons. The zero-order valence-corrected chi connectivity index (χ0v) is 21.4. The molecule has 0 aromatic carbocycles. The van der Waals surface area contributed by atoms with Gasteiger partial charge in [0.25, 0.3) is 0 Å². The molecule has 4 aliphatic carbocycles. The van der Waals surface area contributed by atoms with E-state index in [0.717, 1.165) is 19.3 Å². The maximum Gasteiger partial charge on any atom is 0.106 e. The Labute approximate surface area is 196 Å². The van der Waals surface area contributed by atoms with Crippen molar-refractivity contribution in [3.63, 3.8) is 0 Å². The van der Waals surface area contributed by atoms with Crippen LogP contribution in [-0.2, 0) is 4.74 Å². The van der Waals surface area contributed by atoms with Crippen molar-refractivity contribution in [2.75, 3.05) is 7.11 Å². The molecule has 2 N–H and O–H groups in total. The summed E-state index contributed by atoms with van der Waals surface area (Å²) in [7, 11) is 1.71. The van der Waals surface area contributed by atoms with Gasteiger partial charge in [0.15, 0.2) is 0 Å². The molecule has 0 unspecified atom stereocenters. The van der Waals surface area contributed by atoms with Gasteiger partial charge in [-0.15, -0.1) is 0 Å². The fraction of sp³-hybridized carbons (Fsp3) is 0.793. The van der Waals surface area contributed by atoms with E-state index in [0.29, 0.717) is 36.0 Å². The third kappa shape index (κ3) is 3.49. The predicted molar refractivity (Wildman–Crippen MR) is 131 cm³/mol. The third-order valence-electron chi connectivity index (χ3n) is 10.4. The topological polar surface area (TPSA) is 49.7 Å². The van der Waals surface area contributed by atoms with Crippen LogP contribution >= 0.6 is 0 Å². The molecule has 32 heavy (non-hydrogen) atoms. The monoisotopic (exact) mass is 442 g/mol. The van der Waals surface area contributed by atoms with Crippen molar-refractivity contribution in [1.82, 2.24) is 0 Å². The smallest absolute Gasteiger partial charge is 0.106 e. The van der Waals surface area contributed by atoms with Gasteiger partial charge < -0.3 is 14.9 Å². The lowest BCUT2D eigenvalue weighted by Crippen LogP contribution is -2.63. The predicted octanol–water partition coefficient (Wildman–Crippen LogP) is 6.07. The Hall–Kier alpha value is -0.900. The average Bonchev–Trinajstić information content (AvgIpc) is 3.09. The number of methoxy groups -OCH3 is 1. The first-order valence-electron chi connectivity index (χ1n) is 13.0. The van der Waals surface area contributed by atoms with E-state index in [9.17, 15) is 10.2 Å². The fourth-order valence-electron chi connectivity index (χ4n) is 7.74. The van der Waals surface area contributed by atoms with Crippen LogP contribution in [0.15, 0.2) is 35.5 Å². The number of rotatable bonds is 5. The summed E-state index contributed by atoms with van der Waals surface area (Å²) in [6, 6.07) is 0. The molecule has 0 amide bonds. The van der Waals surface area contributed by atoms with E-state index in [4.69, 9.17) is 4.74 Å². The number of hydrogen-bond donors (Lipinski definition) is 2. The minimum Gasteiger partial charge on any atom is -0.393 e. The van der Waals surface area contributed by atoms with Crippen LogP contribution in [0.2, 0.25) is 0 Å². The van der Waals surface area contributed by atoms with Crippen molar-refractivity contribution in [2.45, 2.75) is 97.9 Å². The summed E-state index contributed by atoms with van der Waals surface area (Å²) in [4.78, 5) is 0. The molecule has 4 aliphatic rings. The summed E-state index contributed by atoms with van der Waals surface area (Å²) in [6.07, 6.45) is 14.3. The molecule has 0 aromatic rings. The summed E-state index contributed by atoms with van der Waals surface area (Å²) >= 11 is 0. The third-order valence-corrected chi connectivity index (χ3v) is 10.4. The van der Waals surface area contributed by atoms with Gasteiger partial charge in [0.05, 0.1) is 6.10 Å². The van der Waals surface area contributed by atoms with Crippen molar-refractivity contribution in [1.29, 1.82) is 0 Å². The molecule has 180 valence electrons. The second-order valence-corrected chi connectivity index (χ2v) is 12.3. The zero-order valence-electron chi connectivity index (χ0n) is 21.4. The van der Waals surface area contributed by atoms with Crippen LogP contribution in [0.25, 0.3) is 0 Å². The van der Waals surface area contributed by atoms with Gasteiger partial charge in [-0.25, -0.2) is 0 Å². The van der Waals surface area contributed by atoms with Crippen LogP contribution in [0, 0.1) is 40.4 Å². The molecule has 4 rings (SSSR count). The SMILES string of the molecule is CO[C@@H]1C=C2C(=CC[C@]3(C)[C@@H]([C@H](C)/C=C/[C@H](C)C(C)C)CC[C@@H]23)[C@@]2(C)CC[C@H](O)C[C@]12O. The Balaban J connectivity index is 1.67. The number of aliphatic hydroxyl groups excluding tert-OH is 1. The molecular weight excluding hydrogens is 396 g/mol. The summed E-state index contributed by atoms with van der Waals surface area (Å²) in [5, 5.41) is 22.2. The summed E-state index contributed by atoms with van der Waals surface area (Å²) in [5.41, 5.74) is 1.64. The van der Waals surface area contributed by atoms with Crippen molar-refractivity contribution < 1.29 is 14.9 Å². The number of fused-ring (bicyclic) bond motifs is 5. The highest BCUT2D eigenvalue weighted by molar-refractivity contribution is 5.50. The minimum atomic E-state index is -1.04. The van der Waals surface area contributed by atoms with Crippen LogP contribution in [0.5, 0.6) is 0 Å². The summed E-state index contributed by atoms with van der Waals surface area (Å²) in [6.45, 7) is 14.1. The standard InChI is InChI=1S/C29H46O3/c1-18(2)19(3)8-9-20(4)23-10-11-24-22-16-26(32-7)29(31)17-21(30)12-15-28(29,6)25(22)13-14-27(23,24)5/h8-9,13,16,18-21,23-24,26,30-31H,10-12,14-15,17H2,1-7H3/b9-8+/t19-,20+,21-,23+,24-,26+,27+,28+,29-/m0/s1.